The molecule has 3 aromatic carbocycles. The summed E-state index contributed by atoms with van der Waals surface area (Å²) in [5.41, 5.74) is 6.01. The second-order valence-corrected chi connectivity index (χ2v) is 9.82. The first-order valence-corrected chi connectivity index (χ1v) is 13.9. The van der Waals surface area contributed by atoms with Gasteiger partial charge in [0.25, 0.3) is 5.91 Å². The second kappa shape index (κ2) is 14.6. The molecule has 1 heterocycles. The largest absolute Gasteiger partial charge is 0.490 e. The number of aromatic amines is 1. The number of amidine groups is 1. The zero-order chi connectivity index (χ0) is 34.3. The van der Waals surface area contributed by atoms with Gasteiger partial charge in [0.1, 0.15) is 25.2 Å². The number of amides is 1. The Bertz CT molecular complexity index is 1820. The maximum atomic E-state index is 15.9. The van der Waals surface area contributed by atoms with Crippen LogP contribution in [0.3, 0.4) is 0 Å². The molecule has 0 aliphatic rings. The monoisotopic (exact) mass is 661 g/mol. The van der Waals surface area contributed by atoms with Crippen molar-refractivity contribution >= 4 is 29.1 Å². The van der Waals surface area contributed by atoms with Gasteiger partial charge in [-0.25, -0.2) is 18.4 Å². The first-order valence-electron chi connectivity index (χ1n) is 13.9. The van der Waals surface area contributed by atoms with Gasteiger partial charge < -0.3 is 25.8 Å². The lowest BCUT2D eigenvalue weighted by Crippen LogP contribution is -2.30. The Morgan fingerprint density at radius 2 is 1.83 bits per heavy atom. The molecule has 248 valence electrons. The third kappa shape index (κ3) is 8.30. The molecule has 0 saturated heterocycles. The Morgan fingerprint density at radius 1 is 1.13 bits per heavy atom. The number of ether oxygens (including phenoxy) is 2. The second-order valence-electron chi connectivity index (χ2n) is 9.82. The van der Waals surface area contributed by atoms with Crippen LogP contribution < -0.4 is 26.8 Å². The van der Waals surface area contributed by atoms with E-state index < -0.39 is 55.5 Å². The lowest BCUT2D eigenvalue weighted by Gasteiger charge is -2.21. The predicted molar refractivity (Wildman–Crippen MR) is 160 cm³/mol. The van der Waals surface area contributed by atoms with Gasteiger partial charge in [0.05, 0.1) is 11.4 Å². The molecule has 1 aromatic heterocycles. The van der Waals surface area contributed by atoms with Crippen molar-refractivity contribution in [1.82, 2.24) is 14.8 Å². The summed E-state index contributed by atoms with van der Waals surface area (Å²) in [5, 5.41) is 17.3. The van der Waals surface area contributed by atoms with Gasteiger partial charge >= 0.3 is 17.8 Å². The fourth-order valence-electron chi connectivity index (χ4n) is 4.35. The van der Waals surface area contributed by atoms with Gasteiger partial charge in [0, 0.05) is 16.8 Å². The predicted octanol–water partition coefficient (Wildman–Crippen LogP) is 4.14. The van der Waals surface area contributed by atoms with E-state index in [1.165, 1.54) is 36.4 Å². The van der Waals surface area contributed by atoms with Crippen LogP contribution in [0.25, 0.3) is 5.69 Å². The number of hydrogen-bond acceptors (Lipinski definition) is 8. The highest BCUT2D eigenvalue weighted by Gasteiger charge is 2.41. The number of carbonyl (C=O) groups is 2. The van der Waals surface area contributed by atoms with Crippen LogP contribution in [0.2, 0.25) is 0 Å². The Hall–Kier alpha value is -5.74. The first-order chi connectivity index (χ1) is 22.3. The maximum absolute atomic E-state index is 15.9. The van der Waals surface area contributed by atoms with Crippen molar-refractivity contribution in [3.63, 3.8) is 0 Å². The average molecular weight is 662 g/mol. The van der Waals surface area contributed by atoms with Crippen LogP contribution in [0.4, 0.5) is 33.3 Å². The molecule has 6 N–H and O–H groups in total. The van der Waals surface area contributed by atoms with Crippen LogP contribution in [-0.2, 0) is 20.7 Å². The summed E-state index contributed by atoms with van der Waals surface area (Å²) in [7, 11) is 0. The van der Waals surface area contributed by atoms with Crippen LogP contribution in [0.5, 0.6) is 5.75 Å². The van der Waals surface area contributed by atoms with E-state index in [4.69, 9.17) is 15.9 Å². The molecule has 47 heavy (non-hydrogen) atoms. The summed E-state index contributed by atoms with van der Waals surface area (Å²) in [5.74, 6) is -5.07. The van der Waals surface area contributed by atoms with Crippen LogP contribution in [0.15, 0.2) is 65.5 Å². The molecule has 0 bridgehead atoms. The number of rotatable bonds is 13. The zero-order valence-electron chi connectivity index (χ0n) is 24.6. The molecule has 0 saturated carbocycles. The van der Waals surface area contributed by atoms with E-state index in [9.17, 15) is 31.9 Å². The molecule has 1 atom stereocenters. The first kappa shape index (κ1) is 34.1. The van der Waals surface area contributed by atoms with E-state index in [1.807, 2.05) is 6.92 Å². The molecule has 0 radical (unpaired) electrons. The summed E-state index contributed by atoms with van der Waals surface area (Å²) in [4.78, 5) is 39.1. The molecule has 17 heteroatoms. The molecular weight excluding hydrogens is 633 g/mol. The highest BCUT2D eigenvalue weighted by atomic mass is 19.4. The van der Waals surface area contributed by atoms with Crippen molar-refractivity contribution in [3.8, 4) is 11.4 Å². The van der Waals surface area contributed by atoms with Crippen LogP contribution in [0.1, 0.15) is 35.5 Å². The van der Waals surface area contributed by atoms with Crippen LogP contribution in [-0.4, -0.2) is 58.5 Å². The minimum absolute atomic E-state index is 0.0252. The molecule has 0 aliphatic carbocycles. The average Bonchev–Trinajstić information content (AvgIpc) is 3.42. The SMILES string of the molecule is CCc1cc(OCCF)c(F)c(C(Nc2ccc(C(=N)N)cc2)c2nn(-c3ccccc3NC(=O)COC(=O)C(F)(F)F)c(=O)[nH]2)c1. The number of halogens is 5. The molecule has 0 aliphatic heterocycles. The van der Waals surface area contributed by atoms with E-state index in [-0.39, 0.29) is 34.3 Å². The fourth-order valence-corrected chi connectivity index (χ4v) is 4.35. The van der Waals surface area contributed by atoms with Crippen molar-refractivity contribution < 1.29 is 41.0 Å². The quantitative estimate of drug-likeness (QED) is 0.0615. The van der Waals surface area contributed by atoms with E-state index in [0.717, 1.165) is 4.68 Å². The van der Waals surface area contributed by atoms with Gasteiger partial charge in [-0.3, -0.25) is 15.2 Å². The van der Waals surface area contributed by atoms with E-state index in [1.54, 1.807) is 24.3 Å². The summed E-state index contributed by atoms with van der Waals surface area (Å²) >= 11 is 0. The molecule has 1 amide bonds. The summed E-state index contributed by atoms with van der Waals surface area (Å²) in [6.07, 6.45) is -4.86. The normalized spacial score (nSPS) is 11.9. The van der Waals surface area contributed by atoms with Crippen LogP contribution >= 0.6 is 0 Å². The van der Waals surface area contributed by atoms with Gasteiger partial charge in [0.15, 0.2) is 24.0 Å². The van der Waals surface area contributed by atoms with Crippen LogP contribution in [0, 0.1) is 11.2 Å². The Morgan fingerprint density at radius 3 is 2.47 bits per heavy atom. The number of nitrogens with two attached hydrogens (primary N) is 1. The van der Waals surface area contributed by atoms with E-state index in [0.29, 0.717) is 23.2 Å². The lowest BCUT2D eigenvalue weighted by atomic mass is 10.00. The van der Waals surface area contributed by atoms with Crippen molar-refractivity contribution in [2.45, 2.75) is 25.6 Å². The number of H-pyrrole nitrogens is 1. The van der Waals surface area contributed by atoms with Crippen molar-refractivity contribution in [2.75, 3.05) is 30.5 Å². The van der Waals surface area contributed by atoms with Gasteiger partial charge in [-0.05, 0) is 54.4 Å². The number of aryl methyl sites for hydroxylation is 1. The topological polar surface area (TPSA) is 177 Å². The molecule has 12 nitrogen and oxygen atoms in total. The number of esters is 1. The molecule has 4 rings (SSSR count). The van der Waals surface area contributed by atoms with Gasteiger partial charge in [-0.1, -0.05) is 25.1 Å². The number of nitrogens with zero attached hydrogens (tertiary/aromatic N) is 2. The Balaban J connectivity index is 1.76. The number of anilines is 2. The number of aromatic nitrogens is 3. The number of benzene rings is 3. The van der Waals surface area contributed by atoms with E-state index >= 15 is 4.39 Å². The Kier molecular flexibility index (Phi) is 10.6. The third-order valence-electron chi connectivity index (χ3n) is 6.57. The fraction of sp³-hybridized carbons (Fsp3) is 0.233. The molecule has 0 fully saturated rings. The lowest BCUT2D eigenvalue weighted by molar-refractivity contribution is -0.199. The number of carbonyl (C=O) groups excluding carboxylic acids is 2. The van der Waals surface area contributed by atoms with E-state index in [2.05, 4.69) is 25.5 Å². The standard InChI is InChI=1S/C30H28F5N7O5/c1-2-16-13-19(24(32)22(14-16)46-12-11-31)25(38-18-9-7-17(8-10-18)26(36)37)27-40-29(45)42(41-27)21-6-4-3-5-20(21)39-23(43)15-47-28(44)30(33,34)35/h3-10,13-14,25,38H,2,11-12,15H2,1H3,(H3,36,37)(H,39,43)(H,40,41,45). The highest BCUT2D eigenvalue weighted by molar-refractivity contribution is 5.95. The van der Waals surface area contributed by atoms with Crippen molar-refractivity contribution in [2.24, 2.45) is 5.73 Å². The molecule has 4 aromatic rings. The Labute approximate surface area is 263 Å². The minimum Gasteiger partial charge on any atom is -0.488 e. The number of nitrogens with one attached hydrogen (secondary N) is 4. The van der Waals surface area contributed by atoms with Gasteiger partial charge in [-0.2, -0.15) is 17.9 Å². The molecule has 0 spiro atoms. The number of hydrogen-bond donors (Lipinski definition) is 5. The number of para-hydroxylation sites is 2. The summed E-state index contributed by atoms with van der Waals surface area (Å²) in [6.45, 7) is -0.725. The summed E-state index contributed by atoms with van der Waals surface area (Å²) < 4.78 is 76.3. The number of nitrogen functional groups attached to an aromatic ring is 1. The third-order valence-corrected chi connectivity index (χ3v) is 6.57. The van der Waals surface area contributed by atoms with Gasteiger partial charge in [0.2, 0.25) is 0 Å². The molecule has 1 unspecified atom stereocenters. The van der Waals surface area contributed by atoms with Crippen molar-refractivity contribution in [1.29, 1.82) is 5.41 Å². The smallest absolute Gasteiger partial charge is 0.488 e. The van der Waals surface area contributed by atoms with Crippen molar-refractivity contribution in [3.05, 3.63) is 99.5 Å². The maximum Gasteiger partial charge on any atom is 0.490 e. The summed E-state index contributed by atoms with van der Waals surface area (Å²) in [6, 6.07) is 13.6. The zero-order valence-corrected chi connectivity index (χ0v) is 24.6. The highest BCUT2D eigenvalue weighted by Crippen LogP contribution is 2.33. The van der Waals surface area contributed by atoms with Gasteiger partial charge in [-0.15, -0.1) is 5.10 Å². The molecular formula is C30H28F5N7O5. The minimum atomic E-state index is -5.30. The number of alkyl halides is 4.